The Kier molecular flexibility index (Phi) is 72.9. The Morgan fingerprint density at radius 2 is 0.553 bits per heavy atom. The Morgan fingerprint density at radius 3 is 0.835 bits per heavy atom. The van der Waals surface area contributed by atoms with E-state index in [1.807, 2.05) is 6.08 Å². The van der Waals surface area contributed by atoms with Gasteiger partial charge in [0.05, 0.1) is 25.4 Å². The summed E-state index contributed by atoms with van der Waals surface area (Å²) in [6.45, 7) is 4.93. The number of hydrogen-bond acceptors (Lipinski definition) is 5. The van der Waals surface area contributed by atoms with Crippen molar-refractivity contribution < 1.29 is 24.5 Å². The van der Waals surface area contributed by atoms with Gasteiger partial charge in [-0.2, -0.15) is 0 Å². The van der Waals surface area contributed by atoms with Gasteiger partial charge in [0.2, 0.25) is 5.91 Å². The van der Waals surface area contributed by atoms with E-state index in [0.717, 1.165) is 44.9 Å². The monoisotopic (exact) mass is 1190 g/mol. The van der Waals surface area contributed by atoms with Crippen molar-refractivity contribution in [1.29, 1.82) is 0 Å². The van der Waals surface area contributed by atoms with E-state index in [9.17, 15) is 19.8 Å². The van der Waals surface area contributed by atoms with Crippen LogP contribution in [0.15, 0.2) is 36.5 Å². The highest BCUT2D eigenvalue weighted by Crippen LogP contribution is 2.19. The largest absolute Gasteiger partial charge is 0.466 e. The van der Waals surface area contributed by atoms with Crippen molar-refractivity contribution in [1.82, 2.24) is 5.32 Å². The molecule has 0 rings (SSSR count). The van der Waals surface area contributed by atoms with Crippen LogP contribution in [0.3, 0.4) is 0 Å². The third-order valence-corrected chi connectivity index (χ3v) is 18.1. The topological polar surface area (TPSA) is 95.9 Å². The number of aliphatic hydroxyl groups is 2. The van der Waals surface area contributed by atoms with E-state index >= 15 is 0 Å². The first-order valence-electron chi connectivity index (χ1n) is 38.8. The fourth-order valence-electron chi connectivity index (χ4n) is 12.2. The Balaban J connectivity index is 3.33. The van der Waals surface area contributed by atoms with E-state index in [4.69, 9.17) is 4.74 Å². The van der Waals surface area contributed by atoms with Gasteiger partial charge >= 0.3 is 5.97 Å². The van der Waals surface area contributed by atoms with Crippen LogP contribution in [0.5, 0.6) is 0 Å². The molecule has 85 heavy (non-hydrogen) atoms. The van der Waals surface area contributed by atoms with Gasteiger partial charge < -0.3 is 20.3 Å². The molecule has 0 aliphatic carbocycles. The summed E-state index contributed by atoms with van der Waals surface area (Å²) in [4.78, 5) is 24.6. The number of carbonyl (C=O) groups excluding carboxylic acids is 2. The molecule has 1 amide bonds. The molecule has 0 aromatic rings. The first-order valence-corrected chi connectivity index (χ1v) is 38.8. The molecule has 0 aromatic heterocycles. The molecule has 2 atom stereocenters. The molecule has 0 saturated heterocycles. The molecule has 6 heteroatoms. The quantitative estimate of drug-likeness (QED) is 0.0320. The number of hydrogen-bond donors (Lipinski definition) is 3. The number of allylic oxidation sites excluding steroid dienone is 5. The zero-order valence-corrected chi connectivity index (χ0v) is 57.6. The average Bonchev–Trinajstić information content (AvgIpc) is 3.52. The second kappa shape index (κ2) is 74.5. The van der Waals surface area contributed by atoms with E-state index in [0.29, 0.717) is 19.4 Å². The lowest BCUT2D eigenvalue weighted by molar-refractivity contribution is -0.143. The molecule has 0 aromatic carbocycles. The number of nitrogens with one attached hydrogen (secondary N) is 1. The van der Waals surface area contributed by atoms with Crippen molar-refractivity contribution in [2.75, 3.05) is 13.2 Å². The van der Waals surface area contributed by atoms with Gasteiger partial charge in [0, 0.05) is 12.8 Å². The van der Waals surface area contributed by atoms with Crippen LogP contribution in [0.1, 0.15) is 431 Å². The molecule has 0 bridgehead atoms. The van der Waals surface area contributed by atoms with Gasteiger partial charge in [-0.05, 0) is 83.5 Å². The van der Waals surface area contributed by atoms with E-state index in [2.05, 4.69) is 43.5 Å². The second-order valence-corrected chi connectivity index (χ2v) is 26.7. The number of amides is 1. The van der Waals surface area contributed by atoms with Gasteiger partial charge in [0.15, 0.2) is 0 Å². The van der Waals surface area contributed by atoms with Crippen LogP contribution in [-0.4, -0.2) is 47.4 Å². The molecule has 2 unspecified atom stereocenters. The summed E-state index contributed by atoms with van der Waals surface area (Å²) in [6, 6.07) is -0.624. The Hall–Kier alpha value is -1.92. The van der Waals surface area contributed by atoms with E-state index in [1.165, 1.54) is 360 Å². The number of esters is 1. The number of ether oxygens (including phenoxy) is 1. The molecule has 0 heterocycles. The predicted octanol–water partition coefficient (Wildman–Crippen LogP) is 25.4. The minimum Gasteiger partial charge on any atom is -0.466 e. The van der Waals surface area contributed by atoms with Crippen molar-refractivity contribution in [3.8, 4) is 0 Å². The summed E-state index contributed by atoms with van der Waals surface area (Å²) < 4.78 is 5.51. The van der Waals surface area contributed by atoms with Crippen LogP contribution in [0, 0.1) is 0 Å². The maximum atomic E-state index is 12.5. The second-order valence-electron chi connectivity index (χ2n) is 26.7. The van der Waals surface area contributed by atoms with Gasteiger partial charge in [0.25, 0.3) is 0 Å². The van der Waals surface area contributed by atoms with Gasteiger partial charge in [-0.1, -0.05) is 371 Å². The Bertz CT molecular complexity index is 1380. The maximum Gasteiger partial charge on any atom is 0.305 e. The lowest BCUT2D eigenvalue weighted by Gasteiger charge is -2.20. The van der Waals surface area contributed by atoms with Crippen LogP contribution < -0.4 is 5.32 Å². The zero-order valence-electron chi connectivity index (χ0n) is 57.6. The first kappa shape index (κ1) is 83.1. The van der Waals surface area contributed by atoms with Gasteiger partial charge in [-0.15, -0.1) is 0 Å². The molecule has 0 aliphatic rings. The number of aliphatic hydroxyl groups excluding tert-OH is 2. The molecule has 0 radical (unpaired) electrons. The lowest BCUT2D eigenvalue weighted by atomic mass is 10.0. The molecule has 6 nitrogen and oxygen atoms in total. The van der Waals surface area contributed by atoms with E-state index in [-0.39, 0.29) is 18.5 Å². The fourth-order valence-corrected chi connectivity index (χ4v) is 12.2. The summed E-state index contributed by atoms with van der Waals surface area (Å²) in [5, 5.41) is 23.2. The number of carbonyl (C=O) groups is 2. The normalized spacial score (nSPS) is 12.7. The standard InChI is InChI=1S/C79H151NO5/c1-3-5-7-9-11-13-15-17-19-41-45-49-53-57-61-65-69-73-79(84)85-74-70-66-62-58-54-50-46-43-40-38-36-34-32-30-28-26-24-22-20-21-23-25-27-29-31-33-35-37-39-42-44-48-52-56-60-64-68-72-78(83)80-76(75-81)77(82)71-67-63-59-55-51-47-18-16-14-12-10-8-6-4-2/h17,19-20,22,67,71,76-77,81-82H,3-16,18,21,23-66,68-70,72-75H2,1-2H3,(H,80,83)/b19-17-,22-20-,71-67+. The van der Waals surface area contributed by atoms with Crippen LogP contribution in [0.4, 0.5) is 0 Å². The molecule has 3 N–H and O–H groups in total. The summed E-state index contributed by atoms with van der Waals surface area (Å²) in [7, 11) is 0. The molecule has 0 saturated carbocycles. The van der Waals surface area contributed by atoms with Crippen molar-refractivity contribution in [3.05, 3.63) is 36.5 Å². The summed E-state index contributed by atoms with van der Waals surface area (Å²) >= 11 is 0. The molecule has 502 valence electrons. The highest BCUT2D eigenvalue weighted by Gasteiger charge is 2.18. The average molecular weight is 1200 g/mol. The highest BCUT2D eigenvalue weighted by molar-refractivity contribution is 5.76. The van der Waals surface area contributed by atoms with Crippen LogP contribution in [-0.2, 0) is 14.3 Å². The zero-order chi connectivity index (χ0) is 61.3. The van der Waals surface area contributed by atoms with Crippen LogP contribution in [0.25, 0.3) is 0 Å². The minimum absolute atomic E-state index is 0.0185. The van der Waals surface area contributed by atoms with Crippen molar-refractivity contribution in [2.24, 2.45) is 0 Å². The summed E-state index contributed by atoms with van der Waals surface area (Å²) in [5.41, 5.74) is 0. The molecule has 0 fully saturated rings. The molecule has 0 aliphatic heterocycles. The van der Waals surface area contributed by atoms with Crippen molar-refractivity contribution in [2.45, 2.75) is 443 Å². The van der Waals surface area contributed by atoms with Crippen LogP contribution in [0.2, 0.25) is 0 Å². The molecule has 0 spiro atoms. The van der Waals surface area contributed by atoms with Gasteiger partial charge in [-0.25, -0.2) is 0 Å². The Morgan fingerprint density at radius 1 is 0.318 bits per heavy atom. The predicted molar refractivity (Wildman–Crippen MR) is 375 cm³/mol. The van der Waals surface area contributed by atoms with E-state index in [1.54, 1.807) is 6.08 Å². The fraction of sp³-hybridized carbons (Fsp3) is 0.899. The van der Waals surface area contributed by atoms with Gasteiger partial charge in [-0.3, -0.25) is 9.59 Å². The third-order valence-electron chi connectivity index (χ3n) is 18.1. The molecular weight excluding hydrogens is 1040 g/mol. The third kappa shape index (κ3) is 71.0. The van der Waals surface area contributed by atoms with Crippen LogP contribution >= 0.6 is 0 Å². The highest BCUT2D eigenvalue weighted by atomic mass is 16.5. The lowest BCUT2D eigenvalue weighted by Crippen LogP contribution is -2.45. The summed E-state index contributed by atoms with van der Waals surface area (Å²) in [6.07, 6.45) is 97.0. The number of rotatable bonds is 73. The minimum atomic E-state index is -0.841. The molecular formula is C79H151NO5. The summed E-state index contributed by atoms with van der Waals surface area (Å²) in [5.74, 6) is -0.0433. The maximum absolute atomic E-state index is 12.5. The Labute approximate surface area is 532 Å². The smallest absolute Gasteiger partial charge is 0.305 e. The number of unbranched alkanes of at least 4 members (excludes halogenated alkanes) is 58. The SMILES string of the molecule is CCCCCCCC/C=C\CCCCCCCCCC(=O)OCCCCCCCCCCCCCCCCCC/C=C\CCCCCCCCCCCCCCCCCCCC(=O)NC(CO)C(O)/C=C/CCCCCCCCCCCCCC. The first-order chi connectivity index (χ1) is 42.0. The van der Waals surface area contributed by atoms with Crippen molar-refractivity contribution in [3.63, 3.8) is 0 Å². The van der Waals surface area contributed by atoms with E-state index < -0.39 is 12.1 Å². The van der Waals surface area contributed by atoms with Crippen molar-refractivity contribution >= 4 is 11.9 Å². The van der Waals surface area contributed by atoms with Gasteiger partial charge in [0.1, 0.15) is 0 Å².